The molecule has 1 aliphatic carbocycles. The summed E-state index contributed by atoms with van der Waals surface area (Å²) in [5.41, 5.74) is 0. The van der Waals surface area contributed by atoms with E-state index < -0.39 is 0 Å². The molecule has 2 amide bonds. The first kappa shape index (κ1) is 14.0. The Morgan fingerprint density at radius 2 is 2.24 bits per heavy atom. The highest BCUT2D eigenvalue weighted by Gasteiger charge is 2.16. The molecular weight excluding hydrogens is 216 g/mol. The Bertz CT molecular complexity index is 264. The second-order valence-corrected chi connectivity index (χ2v) is 5.11. The van der Waals surface area contributed by atoms with Gasteiger partial charge in [0.15, 0.2) is 0 Å². The van der Waals surface area contributed by atoms with Gasteiger partial charge in [-0.25, -0.2) is 4.79 Å². The van der Waals surface area contributed by atoms with Crippen LogP contribution in [-0.4, -0.2) is 29.8 Å². The van der Waals surface area contributed by atoms with Crippen LogP contribution in [0, 0.1) is 5.92 Å². The van der Waals surface area contributed by atoms with Crippen molar-refractivity contribution < 1.29 is 9.90 Å². The first-order valence-corrected chi connectivity index (χ1v) is 6.44. The minimum absolute atomic E-state index is 0.00380. The molecule has 0 heterocycles. The lowest BCUT2D eigenvalue weighted by Gasteiger charge is -2.23. The van der Waals surface area contributed by atoms with Crippen LogP contribution in [0.5, 0.6) is 0 Å². The monoisotopic (exact) mass is 240 g/mol. The smallest absolute Gasteiger partial charge is 0.315 e. The van der Waals surface area contributed by atoms with Crippen LogP contribution in [0.2, 0.25) is 0 Å². The number of aliphatic hydroxyl groups excluding tert-OH is 1. The number of allylic oxidation sites excluding steroid dienone is 1. The van der Waals surface area contributed by atoms with Gasteiger partial charge in [0.2, 0.25) is 0 Å². The minimum atomic E-state index is -0.162. The summed E-state index contributed by atoms with van der Waals surface area (Å²) < 4.78 is 0. The van der Waals surface area contributed by atoms with Crippen molar-refractivity contribution in [3.63, 3.8) is 0 Å². The third-order valence-electron chi connectivity index (χ3n) is 2.92. The zero-order valence-corrected chi connectivity index (χ0v) is 10.8. The number of hydrogen-bond acceptors (Lipinski definition) is 2. The van der Waals surface area contributed by atoms with Gasteiger partial charge in [0.1, 0.15) is 0 Å². The van der Waals surface area contributed by atoms with E-state index in [-0.39, 0.29) is 24.7 Å². The normalized spacial score (nSPS) is 21.3. The maximum absolute atomic E-state index is 11.7. The summed E-state index contributed by atoms with van der Waals surface area (Å²) in [4.78, 5) is 11.7. The molecule has 4 nitrogen and oxygen atoms in total. The summed E-state index contributed by atoms with van der Waals surface area (Å²) in [6.45, 7) is 4.15. The molecule has 0 radical (unpaired) electrons. The van der Waals surface area contributed by atoms with E-state index in [1.54, 1.807) is 0 Å². The largest absolute Gasteiger partial charge is 0.394 e. The molecule has 0 saturated heterocycles. The molecule has 2 atom stereocenters. The van der Waals surface area contributed by atoms with Crippen molar-refractivity contribution in [2.75, 3.05) is 6.61 Å². The number of aliphatic hydroxyl groups is 1. The average molecular weight is 240 g/mol. The molecule has 0 fully saturated rings. The van der Waals surface area contributed by atoms with E-state index in [9.17, 15) is 9.90 Å². The number of rotatable bonds is 5. The summed E-state index contributed by atoms with van der Waals surface area (Å²) in [5, 5.41) is 14.9. The SMILES string of the molecule is CC(C)C[C@H](CO)NC(=O)N[C@@H]1CC=CCC1. The summed E-state index contributed by atoms with van der Waals surface area (Å²) in [6, 6.07) is -0.0717. The van der Waals surface area contributed by atoms with E-state index in [1.807, 2.05) is 0 Å². The van der Waals surface area contributed by atoms with Gasteiger partial charge in [0, 0.05) is 6.04 Å². The Morgan fingerprint density at radius 3 is 2.76 bits per heavy atom. The summed E-state index contributed by atoms with van der Waals surface area (Å²) in [5.74, 6) is 0.463. The van der Waals surface area contributed by atoms with Crippen molar-refractivity contribution in [1.82, 2.24) is 10.6 Å². The molecule has 17 heavy (non-hydrogen) atoms. The maximum atomic E-state index is 11.7. The van der Waals surface area contributed by atoms with Gasteiger partial charge in [-0.2, -0.15) is 0 Å². The van der Waals surface area contributed by atoms with Gasteiger partial charge >= 0.3 is 6.03 Å². The predicted octanol–water partition coefficient (Wildman–Crippen LogP) is 1.80. The van der Waals surface area contributed by atoms with Crippen LogP contribution >= 0.6 is 0 Å². The van der Waals surface area contributed by atoms with Crippen molar-refractivity contribution >= 4 is 6.03 Å². The lowest BCUT2D eigenvalue weighted by Crippen LogP contribution is -2.48. The number of urea groups is 1. The highest BCUT2D eigenvalue weighted by Crippen LogP contribution is 2.10. The molecule has 1 rings (SSSR count). The fourth-order valence-corrected chi connectivity index (χ4v) is 2.09. The van der Waals surface area contributed by atoms with E-state index in [1.165, 1.54) is 0 Å². The van der Waals surface area contributed by atoms with Crippen molar-refractivity contribution in [3.8, 4) is 0 Å². The maximum Gasteiger partial charge on any atom is 0.315 e. The molecule has 0 bridgehead atoms. The second-order valence-electron chi connectivity index (χ2n) is 5.11. The third-order valence-corrected chi connectivity index (χ3v) is 2.92. The van der Waals surface area contributed by atoms with E-state index >= 15 is 0 Å². The molecule has 0 aromatic carbocycles. The van der Waals surface area contributed by atoms with Crippen LogP contribution in [0.25, 0.3) is 0 Å². The number of amides is 2. The van der Waals surface area contributed by atoms with Gasteiger partial charge < -0.3 is 15.7 Å². The van der Waals surface area contributed by atoms with E-state index in [4.69, 9.17) is 0 Å². The summed E-state index contributed by atoms with van der Waals surface area (Å²) >= 11 is 0. The highest BCUT2D eigenvalue weighted by atomic mass is 16.3. The molecule has 4 heteroatoms. The van der Waals surface area contributed by atoms with Gasteiger partial charge in [-0.1, -0.05) is 26.0 Å². The lowest BCUT2D eigenvalue weighted by atomic mass is 10.0. The molecule has 0 saturated carbocycles. The lowest BCUT2D eigenvalue weighted by molar-refractivity contribution is 0.204. The molecule has 0 spiro atoms. The zero-order chi connectivity index (χ0) is 12.7. The van der Waals surface area contributed by atoms with Gasteiger partial charge in [-0.15, -0.1) is 0 Å². The summed E-state index contributed by atoms with van der Waals surface area (Å²) in [7, 11) is 0. The van der Waals surface area contributed by atoms with Crippen LogP contribution in [-0.2, 0) is 0 Å². The highest BCUT2D eigenvalue weighted by molar-refractivity contribution is 5.74. The van der Waals surface area contributed by atoms with E-state index in [2.05, 4.69) is 36.6 Å². The van der Waals surface area contributed by atoms with Crippen molar-refractivity contribution in [2.24, 2.45) is 5.92 Å². The quantitative estimate of drug-likeness (QED) is 0.642. The van der Waals surface area contributed by atoms with Crippen LogP contribution < -0.4 is 10.6 Å². The number of carbonyl (C=O) groups excluding carboxylic acids is 1. The fraction of sp³-hybridized carbons (Fsp3) is 0.769. The van der Waals surface area contributed by atoms with Crippen LogP contribution in [0.4, 0.5) is 4.79 Å². The van der Waals surface area contributed by atoms with Crippen LogP contribution in [0.1, 0.15) is 39.5 Å². The average Bonchev–Trinajstić information content (AvgIpc) is 2.28. The Hall–Kier alpha value is -1.03. The van der Waals surface area contributed by atoms with Crippen molar-refractivity contribution in [2.45, 2.75) is 51.6 Å². The van der Waals surface area contributed by atoms with Gasteiger partial charge in [-0.3, -0.25) is 0 Å². The van der Waals surface area contributed by atoms with E-state index in [0.717, 1.165) is 25.7 Å². The molecule has 98 valence electrons. The number of hydrogen-bond donors (Lipinski definition) is 3. The Kier molecular flexibility index (Phi) is 6.05. The van der Waals surface area contributed by atoms with Gasteiger partial charge in [0.25, 0.3) is 0 Å². The number of carbonyl (C=O) groups is 1. The Balaban J connectivity index is 2.29. The zero-order valence-electron chi connectivity index (χ0n) is 10.8. The van der Waals surface area contributed by atoms with Gasteiger partial charge in [-0.05, 0) is 31.6 Å². The molecule has 3 N–H and O–H groups in total. The van der Waals surface area contributed by atoms with Crippen molar-refractivity contribution in [3.05, 3.63) is 12.2 Å². The van der Waals surface area contributed by atoms with Crippen LogP contribution in [0.15, 0.2) is 12.2 Å². The molecule has 1 aliphatic rings. The first-order chi connectivity index (χ1) is 8.11. The van der Waals surface area contributed by atoms with Crippen LogP contribution in [0.3, 0.4) is 0 Å². The minimum Gasteiger partial charge on any atom is -0.394 e. The molecule has 0 aromatic rings. The molecule has 0 unspecified atom stereocenters. The van der Waals surface area contributed by atoms with Gasteiger partial charge in [0.05, 0.1) is 12.6 Å². The topological polar surface area (TPSA) is 61.4 Å². The van der Waals surface area contributed by atoms with Crippen molar-refractivity contribution in [1.29, 1.82) is 0 Å². The molecule has 0 aliphatic heterocycles. The number of nitrogens with one attached hydrogen (secondary N) is 2. The second kappa shape index (κ2) is 7.33. The third kappa shape index (κ3) is 5.73. The predicted molar refractivity (Wildman–Crippen MR) is 68.8 cm³/mol. The standard InChI is InChI=1S/C13H24N2O2/c1-10(2)8-12(9-16)15-13(17)14-11-6-4-3-5-7-11/h3-4,10-12,16H,5-9H2,1-2H3,(H2,14,15,17)/t11-,12-/m1/s1. The Morgan fingerprint density at radius 1 is 1.47 bits per heavy atom. The molecular formula is C13H24N2O2. The molecule has 0 aromatic heterocycles. The fourth-order valence-electron chi connectivity index (χ4n) is 2.09. The Labute approximate surface area is 103 Å². The van der Waals surface area contributed by atoms with E-state index in [0.29, 0.717) is 5.92 Å². The summed E-state index contributed by atoms with van der Waals surface area (Å²) in [6.07, 6.45) is 7.98. The first-order valence-electron chi connectivity index (χ1n) is 6.44.